The van der Waals surface area contributed by atoms with Crippen LogP contribution in [0.3, 0.4) is 0 Å². The van der Waals surface area contributed by atoms with Crippen LogP contribution < -0.4 is 10.6 Å². The van der Waals surface area contributed by atoms with Crippen LogP contribution in [0.2, 0.25) is 0 Å². The van der Waals surface area contributed by atoms with Gasteiger partial charge in [-0.2, -0.15) is 0 Å². The van der Waals surface area contributed by atoms with Crippen LogP contribution in [0.15, 0.2) is 54.6 Å². The molecule has 0 radical (unpaired) electrons. The fourth-order valence-electron chi connectivity index (χ4n) is 5.44. The van der Waals surface area contributed by atoms with E-state index in [1.54, 1.807) is 75.4 Å². The summed E-state index contributed by atoms with van der Waals surface area (Å²) in [5.41, 5.74) is -0.0766. The van der Waals surface area contributed by atoms with E-state index in [1.807, 2.05) is 0 Å². The summed E-state index contributed by atoms with van der Waals surface area (Å²) >= 11 is 0. The summed E-state index contributed by atoms with van der Waals surface area (Å²) in [6, 6.07) is 13.6. The number of benzene rings is 3. The maximum Gasteiger partial charge on any atom is 0.407 e. The number of halogens is 5. The second-order valence-corrected chi connectivity index (χ2v) is 12.2. The molecule has 242 valence electrons. The van der Waals surface area contributed by atoms with E-state index in [1.165, 1.54) is 0 Å². The van der Waals surface area contributed by atoms with Gasteiger partial charge in [-0.05, 0) is 56.7 Å². The van der Waals surface area contributed by atoms with Crippen molar-refractivity contribution in [2.45, 2.75) is 76.3 Å². The molecule has 0 aliphatic heterocycles. The summed E-state index contributed by atoms with van der Waals surface area (Å²) in [6.45, 7) is 4.90. The lowest BCUT2D eigenvalue weighted by molar-refractivity contribution is -0.127. The third kappa shape index (κ3) is 8.17. The Bertz CT molecular complexity index is 1500. The van der Waals surface area contributed by atoms with E-state index in [2.05, 4.69) is 10.6 Å². The van der Waals surface area contributed by atoms with Crippen molar-refractivity contribution in [2.24, 2.45) is 5.92 Å². The fourth-order valence-corrected chi connectivity index (χ4v) is 5.44. The van der Waals surface area contributed by atoms with Gasteiger partial charge in [0.25, 0.3) is 0 Å². The molecule has 3 aromatic carbocycles. The smallest absolute Gasteiger partial charge is 0.407 e. The molecule has 0 saturated heterocycles. The highest BCUT2D eigenvalue weighted by molar-refractivity contribution is 5.80. The number of carbonyl (C=O) groups is 2. The maximum atomic E-state index is 14.8. The van der Waals surface area contributed by atoms with Crippen LogP contribution in [0, 0.1) is 35.0 Å². The molecule has 4 rings (SSSR count). The maximum absolute atomic E-state index is 14.8. The van der Waals surface area contributed by atoms with Crippen LogP contribution >= 0.6 is 0 Å². The first kappa shape index (κ1) is 33.9. The number of ether oxygens (including phenoxy) is 1. The Balaban J connectivity index is 1.66. The van der Waals surface area contributed by atoms with E-state index >= 15 is 0 Å². The molecule has 5 atom stereocenters. The van der Waals surface area contributed by atoms with Crippen LogP contribution in [-0.4, -0.2) is 46.1 Å². The van der Waals surface area contributed by atoms with Gasteiger partial charge in [-0.1, -0.05) is 54.6 Å². The molecule has 0 aromatic heterocycles. The van der Waals surface area contributed by atoms with E-state index in [-0.39, 0.29) is 12.8 Å². The van der Waals surface area contributed by atoms with Gasteiger partial charge >= 0.3 is 6.09 Å². The first-order valence-corrected chi connectivity index (χ1v) is 14.4. The Hall–Kier alpha value is -4.03. The highest BCUT2D eigenvalue weighted by atomic mass is 19.2. The second-order valence-electron chi connectivity index (χ2n) is 12.2. The van der Waals surface area contributed by atoms with Crippen molar-refractivity contribution in [3.63, 3.8) is 0 Å². The Kier molecular flexibility index (Phi) is 10.5. The topological polar surface area (TPSA) is 108 Å². The van der Waals surface area contributed by atoms with E-state index in [4.69, 9.17) is 4.74 Å². The fraction of sp³-hybridized carbons (Fsp3) is 0.394. The highest BCUT2D eigenvalue weighted by Crippen LogP contribution is 2.33. The van der Waals surface area contributed by atoms with E-state index in [0.29, 0.717) is 11.1 Å². The summed E-state index contributed by atoms with van der Waals surface area (Å²) in [5, 5.41) is 27.2. The summed E-state index contributed by atoms with van der Waals surface area (Å²) in [5.74, 6) is -13.4. The molecule has 1 aliphatic rings. The minimum Gasteiger partial charge on any atom is -0.444 e. The number of aliphatic hydroxyl groups is 2. The van der Waals surface area contributed by atoms with Crippen molar-refractivity contribution in [1.29, 1.82) is 0 Å². The van der Waals surface area contributed by atoms with Crippen molar-refractivity contribution in [2.75, 3.05) is 0 Å². The Morgan fingerprint density at radius 3 is 2.09 bits per heavy atom. The normalized spacial score (nSPS) is 18.1. The van der Waals surface area contributed by atoms with Gasteiger partial charge in [0.1, 0.15) is 5.60 Å². The van der Waals surface area contributed by atoms with Gasteiger partial charge in [0.05, 0.1) is 24.3 Å². The molecule has 0 bridgehead atoms. The van der Waals surface area contributed by atoms with Gasteiger partial charge in [0, 0.05) is 17.9 Å². The molecule has 12 heteroatoms. The number of fused-ring (bicyclic) bond motifs is 1. The predicted octanol–water partition coefficient (Wildman–Crippen LogP) is 5.20. The molecule has 1 unspecified atom stereocenters. The SMILES string of the molecule is CC(C)(C)OC(=O)N[C@@H](Cc1ccccc1)[C@@H](O)C[C@@H](Cc1c(F)c(F)c(F)c(F)c1F)C(=O)NC1c2ccccc2C[C@@H]1O. The van der Waals surface area contributed by atoms with Gasteiger partial charge < -0.3 is 25.6 Å². The number of hydrogen-bond donors (Lipinski definition) is 4. The van der Waals surface area contributed by atoms with Gasteiger partial charge in [0.2, 0.25) is 11.7 Å². The molecular formula is C33H35F5N2O5. The van der Waals surface area contributed by atoms with Crippen molar-refractivity contribution in [3.05, 3.63) is 106 Å². The minimum atomic E-state index is -2.34. The van der Waals surface area contributed by atoms with Crippen molar-refractivity contribution >= 4 is 12.0 Å². The number of carbonyl (C=O) groups excluding carboxylic acids is 2. The summed E-state index contributed by atoms with van der Waals surface area (Å²) in [7, 11) is 0. The largest absolute Gasteiger partial charge is 0.444 e. The van der Waals surface area contributed by atoms with Crippen LogP contribution in [0.1, 0.15) is 55.5 Å². The van der Waals surface area contributed by atoms with Gasteiger partial charge in [0.15, 0.2) is 23.3 Å². The van der Waals surface area contributed by atoms with E-state index < -0.39 is 95.3 Å². The predicted molar refractivity (Wildman–Crippen MR) is 154 cm³/mol. The van der Waals surface area contributed by atoms with Crippen LogP contribution in [0.25, 0.3) is 0 Å². The lowest BCUT2D eigenvalue weighted by Gasteiger charge is -2.30. The summed E-state index contributed by atoms with van der Waals surface area (Å²) in [6.07, 6.45) is -4.78. The molecular weight excluding hydrogens is 599 g/mol. The van der Waals surface area contributed by atoms with Crippen LogP contribution in [0.5, 0.6) is 0 Å². The molecule has 2 amide bonds. The quantitative estimate of drug-likeness (QED) is 0.139. The lowest BCUT2D eigenvalue weighted by atomic mass is 9.88. The third-order valence-electron chi connectivity index (χ3n) is 7.61. The molecule has 0 spiro atoms. The average molecular weight is 635 g/mol. The van der Waals surface area contributed by atoms with Crippen LogP contribution in [-0.2, 0) is 28.8 Å². The standard InChI is InChI=1S/C33H35F5N2O5/c1-33(2,3)45-32(44)39-22(13-17-9-5-4-6-10-17)23(41)16-19(14-21-25(34)27(36)29(38)28(37)26(21)35)31(43)40-30-20-12-8-7-11-18(20)15-24(30)42/h4-12,19,22-24,30,41-42H,13-16H2,1-3H3,(H,39,44)(H,40,43)/t19-,22+,23+,24+,30?/m1/s1. The molecule has 1 aliphatic carbocycles. The number of amides is 2. The average Bonchev–Trinajstić information content (AvgIpc) is 3.30. The minimum absolute atomic E-state index is 0.0484. The van der Waals surface area contributed by atoms with Crippen LogP contribution in [0.4, 0.5) is 26.7 Å². The summed E-state index contributed by atoms with van der Waals surface area (Å²) < 4.78 is 76.9. The molecule has 0 heterocycles. The molecule has 0 saturated carbocycles. The monoisotopic (exact) mass is 634 g/mol. The third-order valence-corrected chi connectivity index (χ3v) is 7.61. The molecule has 45 heavy (non-hydrogen) atoms. The zero-order chi connectivity index (χ0) is 33.1. The Labute approximate surface area is 257 Å². The number of hydrogen-bond acceptors (Lipinski definition) is 5. The van der Waals surface area contributed by atoms with Crippen molar-refractivity contribution in [1.82, 2.24) is 10.6 Å². The molecule has 0 fully saturated rings. The lowest BCUT2D eigenvalue weighted by Crippen LogP contribution is -2.48. The number of rotatable bonds is 10. The van der Waals surface area contributed by atoms with Crippen molar-refractivity contribution in [3.8, 4) is 0 Å². The van der Waals surface area contributed by atoms with Gasteiger partial charge in [-0.3, -0.25) is 4.79 Å². The van der Waals surface area contributed by atoms with Crippen molar-refractivity contribution < 1.29 is 46.5 Å². The Morgan fingerprint density at radius 2 is 1.47 bits per heavy atom. The molecule has 4 N–H and O–H groups in total. The van der Waals surface area contributed by atoms with Gasteiger partial charge in [-0.15, -0.1) is 0 Å². The number of nitrogens with one attached hydrogen (secondary N) is 2. The van der Waals surface area contributed by atoms with Gasteiger partial charge in [-0.25, -0.2) is 26.7 Å². The molecule has 3 aromatic rings. The Morgan fingerprint density at radius 1 is 0.889 bits per heavy atom. The zero-order valence-corrected chi connectivity index (χ0v) is 24.9. The zero-order valence-electron chi connectivity index (χ0n) is 24.9. The summed E-state index contributed by atoms with van der Waals surface area (Å²) in [4.78, 5) is 26.4. The van der Waals surface area contributed by atoms with E-state index in [0.717, 1.165) is 5.56 Å². The highest BCUT2D eigenvalue weighted by Gasteiger charge is 2.37. The van der Waals surface area contributed by atoms with E-state index in [9.17, 15) is 41.8 Å². The number of aliphatic hydroxyl groups excluding tert-OH is 2. The first-order chi connectivity index (χ1) is 21.2. The second kappa shape index (κ2) is 13.9. The first-order valence-electron chi connectivity index (χ1n) is 14.4. The molecule has 7 nitrogen and oxygen atoms in total. The number of alkyl carbamates (subject to hydrolysis) is 1.